The monoisotopic (exact) mass is 370 g/mol. The van der Waals surface area contributed by atoms with Gasteiger partial charge in [0.05, 0.1) is 13.1 Å². The second-order valence-electron chi connectivity index (χ2n) is 7.03. The van der Waals surface area contributed by atoms with Crippen molar-refractivity contribution in [2.75, 3.05) is 13.1 Å². The Morgan fingerprint density at radius 2 is 1.74 bits per heavy atom. The number of nitrogens with zero attached hydrogens (tertiary/aromatic N) is 2. The van der Waals surface area contributed by atoms with Crippen LogP contribution in [0.1, 0.15) is 44.3 Å². The average molecular weight is 370 g/mol. The maximum absolute atomic E-state index is 13.0. The van der Waals surface area contributed by atoms with Gasteiger partial charge in [-0.3, -0.25) is 9.59 Å². The van der Waals surface area contributed by atoms with Gasteiger partial charge in [0.25, 0.3) is 0 Å². The molecule has 1 aromatic heterocycles. The lowest BCUT2D eigenvalue weighted by molar-refractivity contribution is -0.142. The van der Waals surface area contributed by atoms with Gasteiger partial charge in [-0.1, -0.05) is 37.3 Å². The molecule has 5 nitrogen and oxygen atoms in total. The Labute approximate surface area is 162 Å². The van der Waals surface area contributed by atoms with Crippen molar-refractivity contribution < 1.29 is 14.0 Å². The molecule has 0 saturated carbocycles. The van der Waals surface area contributed by atoms with Gasteiger partial charge >= 0.3 is 0 Å². The molecule has 0 saturated heterocycles. The van der Waals surface area contributed by atoms with E-state index in [1.807, 2.05) is 58.0 Å². The summed E-state index contributed by atoms with van der Waals surface area (Å²) in [6.45, 7) is 8.66. The molecule has 0 N–H and O–H groups in total. The summed E-state index contributed by atoms with van der Waals surface area (Å²) < 4.78 is 5.66. The molecule has 146 valence electrons. The molecule has 0 aliphatic carbocycles. The van der Waals surface area contributed by atoms with Gasteiger partial charge in [-0.25, -0.2) is 0 Å². The van der Waals surface area contributed by atoms with E-state index in [1.165, 1.54) is 5.56 Å². The lowest BCUT2D eigenvalue weighted by atomic mass is 10.1. The molecule has 0 aliphatic rings. The molecule has 0 spiro atoms. The van der Waals surface area contributed by atoms with Crippen LogP contribution in [-0.4, -0.2) is 40.7 Å². The number of hydrogen-bond acceptors (Lipinski definition) is 3. The number of carbonyl (C=O) groups is 2. The zero-order chi connectivity index (χ0) is 19.8. The topological polar surface area (TPSA) is 53.8 Å². The smallest absolute Gasteiger partial charge is 0.242 e. The van der Waals surface area contributed by atoms with Crippen LogP contribution in [0.15, 0.2) is 46.9 Å². The minimum Gasteiger partial charge on any atom is -0.464 e. The zero-order valence-electron chi connectivity index (χ0n) is 16.8. The van der Waals surface area contributed by atoms with Gasteiger partial charge in [0.2, 0.25) is 11.8 Å². The van der Waals surface area contributed by atoms with Crippen molar-refractivity contribution in [2.45, 2.75) is 53.1 Å². The molecule has 0 bridgehead atoms. The van der Waals surface area contributed by atoms with Crippen LogP contribution in [0.5, 0.6) is 0 Å². The minimum absolute atomic E-state index is 0.00444. The molecular formula is C22H30N2O3. The molecular weight excluding hydrogens is 340 g/mol. The van der Waals surface area contributed by atoms with Crippen molar-refractivity contribution in [2.24, 2.45) is 0 Å². The highest BCUT2D eigenvalue weighted by molar-refractivity contribution is 5.85. The highest BCUT2D eigenvalue weighted by Gasteiger charge is 2.23. The van der Waals surface area contributed by atoms with Crippen LogP contribution in [0.3, 0.4) is 0 Å². The number of carbonyl (C=O) groups excluding carboxylic acids is 2. The van der Waals surface area contributed by atoms with Gasteiger partial charge in [0.15, 0.2) is 0 Å². The van der Waals surface area contributed by atoms with E-state index < -0.39 is 0 Å². The van der Waals surface area contributed by atoms with Crippen molar-refractivity contribution in [1.82, 2.24) is 9.80 Å². The Bertz CT molecular complexity index is 737. The molecule has 1 heterocycles. The van der Waals surface area contributed by atoms with Crippen molar-refractivity contribution in [3.63, 3.8) is 0 Å². The Hall–Kier alpha value is -2.56. The fourth-order valence-corrected chi connectivity index (χ4v) is 2.97. The summed E-state index contributed by atoms with van der Waals surface area (Å²) in [5.74, 6) is 1.52. The lowest BCUT2D eigenvalue weighted by Crippen LogP contribution is -2.46. The lowest BCUT2D eigenvalue weighted by Gasteiger charge is -2.29. The number of aryl methyl sites for hydroxylation is 1. The summed E-state index contributed by atoms with van der Waals surface area (Å²) in [5, 5.41) is 0. The van der Waals surface area contributed by atoms with Gasteiger partial charge in [0, 0.05) is 19.0 Å². The SMILES string of the molecule is CCC(=O)N(CC(=O)N(CCc1ccccc1)Cc1ccc(C)o1)C(C)C. The van der Waals surface area contributed by atoms with Gasteiger partial charge in [0.1, 0.15) is 11.5 Å². The highest BCUT2D eigenvalue weighted by atomic mass is 16.3. The molecule has 27 heavy (non-hydrogen) atoms. The molecule has 0 radical (unpaired) electrons. The molecule has 2 rings (SSSR count). The average Bonchev–Trinajstić information content (AvgIpc) is 3.07. The Kier molecular flexibility index (Phi) is 7.65. The fraction of sp³-hybridized carbons (Fsp3) is 0.455. The molecule has 2 aromatic rings. The van der Waals surface area contributed by atoms with Crippen LogP contribution >= 0.6 is 0 Å². The van der Waals surface area contributed by atoms with Crippen LogP contribution in [0.4, 0.5) is 0 Å². The van der Waals surface area contributed by atoms with Crippen LogP contribution < -0.4 is 0 Å². The third-order valence-electron chi connectivity index (χ3n) is 4.56. The van der Waals surface area contributed by atoms with E-state index in [2.05, 4.69) is 12.1 Å². The van der Waals surface area contributed by atoms with Crippen molar-refractivity contribution in [3.8, 4) is 0 Å². The van der Waals surface area contributed by atoms with Gasteiger partial charge in [-0.15, -0.1) is 0 Å². The Balaban J connectivity index is 2.11. The third kappa shape index (κ3) is 6.27. The maximum atomic E-state index is 13.0. The summed E-state index contributed by atoms with van der Waals surface area (Å²) in [6.07, 6.45) is 1.16. The number of amides is 2. The first-order valence-electron chi connectivity index (χ1n) is 9.57. The largest absolute Gasteiger partial charge is 0.464 e. The summed E-state index contributed by atoms with van der Waals surface area (Å²) >= 11 is 0. The quantitative estimate of drug-likeness (QED) is 0.674. The molecule has 2 amide bonds. The second kappa shape index (κ2) is 9.95. The van der Waals surface area contributed by atoms with E-state index in [4.69, 9.17) is 4.42 Å². The molecule has 1 aromatic carbocycles. The third-order valence-corrected chi connectivity index (χ3v) is 4.56. The minimum atomic E-state index is -0.0597. The zero-order valence-corrected chi connectivity index (χ0v) is 16.8. The van der Waals surface area contributed by atoms with Gasteiger partial charge in [-0.05, 0) is 44.9 Å². The van der Waals surface area contributed by atoms with Crippen LogP contribution in [-0.2, 0) is 22.6 Å². The number of benzene rings is 1. The van der Waals surface area contributed by atoms with Crippen LogP contribution in [0.2, 0.25) is 0 Å². The van der Waals surface area contributed by atoms with Crippen molar-refractivity contribution in [3.05, 3.63) is 59.5 Å². The van der Waals surface area contributed by atoms with Crippen LogP contribution in [0, 0.1) is 6.92 Å². The first-order valence-corrected chi connectivity index (χ1v) is 9.57. The number of rotatable bonds is 9. The van der Waals surface area contributed by atoms with E-state index >= 15 is 0 Å². The summed E-state index contributed by atoms with van der Waals surface area (Å²) in [4.78, 5) is 28.6. The predicted octanol–water partition coefficient (Wildman–Crippen LogP) is 3.81. The molecule has 0 fully saturated rings. The van der Waals surface area contributed by atoms with Crippen molar-refractivity contribution in [1.29, 1.82) is 0 Å². The summed E-state index contributed by atoms with van der Waals surface area (Å²) in [6, 6.07) is 13.9. The van der Waals surface area contributed by atoms with Gasteiger partial charge < -0.3 is 14.2 Å². The summed E-state index contributed by atoms with van der Waals surface area (Å²) in [5.41, 5.74) is 1.18. The Morgan fingerprint density at radius 1 is 1.04 bits per heavy atom. The first-order chi connectivity index (χ1) is 12.9. The molecule has 5 heteroatoms. The highest BCUT2D eigenvalue weighted by Crippen LogP contribution is 2.12. The van der Waals surface area contributed by atoms with Gasteiger partial charge in [-0.2, -0.15) is 0 Å². The van der Waals surface area contributed by atoms with E-state index in [1.54, 1.807) is 9.80 Å². The Morgan fingerprint density at radius 3 is 2.30 bits per heavy atom. The molecule has 0 atom stereocenters. The van der Waals surface area contributed by atoms with Crippen molar-refractivity contribution >= 4 is 11.8 Å². The second-order valence-corrected chi connectivity index (χ2v) is 7.03. The number of hydrogen-bond donors (Lipinski definition) is 0. The predicted molar refractivity (Wildman–Crippen MR) is 106 cm³/mol. The molecule has 0 aliphatic heterocycles. The van der Waals surface area contributed by atoms with E-state index in [9.17, 15) is 9.59 Å². The maximum Gasteiger partial charge on any atom is 0.242 e. The number of furan rings is 1. The van der Waals surface area contributed by atoms with E-state index in [0.717, 1.165) is 17.9 Å². The van der Waals surface area contributed by atoms with Crippen LogP contribution in [0.25, 0.3) is 0 Å². The summed E-state index contributed by atoms with van der Waals surface area (Å²) in [7, 11) is 0. The van der Waals surface area contributed by atoms with E-state index in [-0.39, 0.29) is 24.4 Å². The fourth-order valence-electron chi connectivity index (χ4n) is 2.97. The first kappa shape index (κ1) is 20.7. The molecule has 0 unspecified atom stereocenters. The standard InChI is InChI=1S/C22H30N2O3/c1-5-21(25)24(17(2)3)16-22(26)23(15-20-12-11-18(4)27-20)14-13-19-9-7-6-8-10-19/h6-12,17H,5,13-16H2,1-4H3. The normalized spacial score (nSPS) is 10.9. The van der Waals surface area contributed by atoms with E-state index in [0.29, 0.717) is 19.5 Å².